The Bertz CT molecular complexity index is 797. The summed E-state index contributed by atoms with van der Waals surface area (Å²) in [5.41, 5.74) is 3.97. The Labute approximate surface area is 156 Å². The van der Waals surface area contributed by atoms with Gasteiger partial charge in [-0.15, -0.1) is 0 Å². The lowest BCUT2D eigenvalue weighted by Gasteiger charge is -2.44. The molecule has 0 radical (unpaired) electrons. The predicted molar refractivity (Wildman–Crippen MR) is 108 cm³/mol. The third kappa shape index (κ3) is 3.28. The zero-order valence-electron chi connectivity index (χ0n) is 16.0. The number of piperidine rings is 1. The van der Waals surface area contributed by atoms with Gasteiger partial charge in [0.15, 0.2) is 0 Å². The molecule has 3 nitrogen and oxygen atoms in total. The first-order valence-corrected chi connectivity index (χ1v) is 9.58. The van der Waals surface area contributed by atoms with Gasteiger partial charge in [0.1, 0.15) is 12.4 Å². The molecule has 2 aromatic carbocycles. The van der Waals surface area contributed by atoms with Crippen LogP contribution in [0.1, 0.15) is 44.7 Å². The van der Waals surface area contributed by atoms with Gasteiger partial charge >= 0.3 is 0 Å². The van der Waals surface area contributed by atoms with Crippen molar-refractivity contribution in [2.24, 2.45) is 4.99 Å². The fourth-order valence-corrected chi connectivity index (χ4v) is 4.09. The summed E-state index contributed by atoms with van der Waals surface area (Å²) in [4.78, 5) is 7.31. The van der Waals surface area contributed by atoms with Gasteiger partial charge in [-0.2, -0.15) is 0 Å². The van der Waals surface area contributed by atoms with E-state index in [-0.39, 0.29) is 11.0 Å². The molecule has 1 fully saturated rings. The summed E-state index contributed by atoms with van der Waals surface area (Å²) >= 11 is 0. The fourth-order valence-electron chi connectivity index (χ4n) is 4.09. The van der Waals surface area contributed by atoms with E-state index in [1.54, 1.807) is 0 Å². The monoisotopic (exact) mass is 348 g/mol. The Morgan fingerprint density at radius 2 is 1.77 bits per heavy atom. The molecular formula is C23H28N2O. The maximum atomic E-state index is 6.06. The van der Waals surface area contributed by atoms with Crippen LogP contribution in [-0.2, 0) is 12.0 Å². The molecule has 0 unspecified atom stereocenters. The predicted octanol–water partition coefficient (Wildman–Crippen LogP) is 5.11. The lowest BCUT2D eigenvalue weighted by molar-refractivity contribution is 0.0927. The number of benzene rings is 2. The molecule has 26 heavy (non-hydrogen) atoms. The Morgan fingerprint density at radius 3 is 2.46 bits per heavy atom. The van der Waals surface area contributed by atoms with Gasteiger partial charge in [0.2, 0.25) is 0 Å². The smallest absolute Gasteiger partial charge is 0.120 e. The van der Waals surface area contributed by atoms with Crippen LogP contribution < -0.4 is 4.74 Å². The van der Waals surface area contributed by atoms with E-state index >= 15 is 0 Å². The Morgan fingerprint density at radius 1 is 1.04 bits per heavy atom. The van der Waals surface area contributed by atoms with Gasteiger partial charge in [-0.3, -0.25) is 9.89 Å². The summed E-state index contributed by atoms with van der Waals surface area (Å²) in [5.74, 6) is 0.940. The zero-order chi connectivity index (χ0) is 18.2. The quantitative estimate of drug-likeness (QED) is 0.769. The molecule has 1 spiro atoms. The van der Waals surface area contributed by atoms with Gasteiger partial charge in [0, 0.05) is 17.2 Å². The highest BCUT2D eigenvalue weighted by molar-refractivity contribution is 5.85. The molecular weight excluding hydrogens is 320 g/mol. The van der Waals surface area contributed by atoms with Gasteiger partial charge in [-0.1, -0.05) is 30.3 Å². The van der Waals surface area contributed by atoms with E-state index in [9.17, 15) is 0 Å². The average Bonchev–Trinajstić information content (AvgIpc) is 2.98. The molecule has 0 aliphatic carbocycles. The second kappa shape index (κ2) is 6.55. The lowest BCUT2D eigenvalue weighted by Crippen LogP contribution is -2.50. The maximum Gasteiger partial charge on any atom is 0.120 e. The number of fused-ring (bicyclic) bond motifs is 2. The maximum absolute atomic E-state index is 6.06. The zero-order valence-corrected chi connectivity index (χ0v) is 16.0. The largest absolute Gasteiger partial charge is 0.489 e. The van der Waals surface area contributed by atoms with Gasteiger partial charge in [-0.25, -0.2) is 0 Å². The van der Waals surface area contributed by atoms with E-state index in [1.165, 1.54) is 11.1 Å². The number of hydrogen-bond donors (Lipinski definition) is 0. The van der Waals surface area contributed by atoms with Crippen molar-refractivity contribution in [1.82, 2.24) is 4.90 Å². The molecule has 0 N–H and O–H groups in total. The number of rotatable bonds is 3. The van der Waals surface area contributed by atoms with Crippen LogP contribution >= 0.6 is 0 Å². The van der Waals surface area contributed by atoms with Crippen molar-refractivity contribution >= 4 is 11.9 Å². The van der Waals surface area contributed by atoms with Crippen LogP contribution in [0.5, 0.6) is 5.75 Å². The van der Waals surface area contributed by atoms with Crippen LogP contribution in [0.15, 0.2) is 53.5 Å². The summed E-state index contributed by atoms with van der Waals surface area (Å²) in [5, 5.41) is 0. The van der Waals surface area contributed by atoms with E-state index in [1.807, 2.05) is 24.3 Å². The van der Waals surface area contributed by atoms with Gasteiger partial charge in [0.25, 0.3) is 0 Å². The number of nitrogens with zero attached hydrogens (tertiary/aromatic N) is 2. The second-order valence-corrected chi connectivity index (χ2v) is 8.53. The van der Waals surface area contributed by atoms with Crippen molar-refractivity contribution < 1.29 is 4.74 Å². The normalized spacial score (nSPS) is 18.9. The minimum atomic E-state index is 0.0865. The fraction of sp³-hybridized carbons (Fsp3) is 0.435. The van der Waals surface area contributed by atoms with Crippen LogP contribution in [0.4, 0.5) is 5.69 Å². The second-order valence-electron chi connectivity index (χ2n) is 8.53. The summed E-state index contributed by atoms with van der Waals surface area (Å²) < 4.78 is 6.06. The van der Waals surface area contributed by atoms with E-state index in [4.69, 9.17) is 9.73 Å². The average molecular weight is 348 g/mol. The van der Waals surface area contributed by atoms with Gasteiger partial charge < -0.3 is 4.74 Å². The molecule has 0 amide bonds. The third-order valence-electron chi connectivity index (χ3n) is 5.81. The van der Waals surface area contributed by atoms with Crippen molar-refractivity contribution in [3.63, 3.8) is 0 Å². The lowest BCUT2D eigenvalue weighted by atomic mass is 9.74. The molecule has 2 heterocycles. The van der Waals surface area contributed by atoms with Crippen molar-refractivity contribution in [2.45, 2.75) is 51.2 Å². The molecule has 4 rings (SSSR count). The molecule has 0 bridgehead atoms. The Balaban J connectivity index is 1.50. The molecule has 0 saturated carbocycles. The van der Waals surface area contributed by atoms with E-state index in [0.717, 1.165) is 37.4 Å². The first kappa shape index (κ1) is 17.3. The molecule has 136 valence electrons. The van der Waals surface area contributed by atoms with Gasteiger partial charge in [0.05, 0.1) is 5.69 Å². The van der Waals surface area contributed by atoms with Crippen molar-refractivity contribution in [3.8, 4) is 5.75 Å². The molecule has 1 saturated heterocycles. The third-order valence-corrected chi connectivity index (χ3v) is 5.81. The van der Waals surface area contributed by atoms with E-state index < -0.39 is 0 Å². The molecule has 3 heteroatoms. The minimum Gasteiger partial charge on any atom is -0.489 e. The van der Waals surface area contributed by atoms with Gasteiger partial charge in [-0.05, 0) is 76.0 Å². The highest BCUT2D eigenvalue weighted by Gasteiger charge is 2.41. The number of aliphatic imine (C=N–C) groups is 1. The first-order chi connectivity index (χ1) is 12.5. The van der Waals surface area contributed by atoms with Crippen molar-refractivity contribution in [2.75, 3.05) is 13.1 Å². The highest BCUT2D eigenvalue weighted by atomic mass is 16.5. The standard InChI is InChI=1S/C23H28N2O/c1-22(2,3)25-13-11-23(12-14-25)17-24-21-10-9-19(15-20(21)23)26-16-18-7-5-4-6-8-18/h4-10,15,17H,11-14,16H2,1-3H3. The molecule has 2 aliphatic rings. The van der Waals surface area contributed by atoms with Crippen molar-refractivity contribution in [1.29, 1.82) is 0 Å². The molecule has 2 aliphatic heterocycles. The van der Waals surface area contributed by atoms with Crippen LogP contribution in [0.25, 0.3) is 0 Å². The summed E-state index contributed by atoms with van der Waals surface area (Å²) in [6.45, 7) is 9.74. The Hall–Kier alpha value is -2.13. The number of likely N-dealkylation sites (tertiary alicyclic amines) is 1. The van der Waals surface area contributed by atoms with E-state index in [2.05, 4.69) is 56.2 Å². The summed E-state index contributed by atoms with van der Waals surface area (Å²) in [6, 6.07) is 16.7. The molecule has 0 atom stereocenters. The van der Waals surface area contributed by atoms with E-state index in [0.29, 0.717) is 6.61 Å². The SMILES string of the molecule is CC(C)(C)N1CCC2(C=Nc3ccc(OCc4ccccc4)cc32)CC1. The van der Waals surface area contributed by atoms with Crippen molar-refractivity contribution in [3.05, 3.63) is 59.7 Å². The van der Waals surface area contributed by atoms with Crippen LogP contribution in [-0.4, -0.2) is 29.7 Å². The first-order valence-electron chi connectivity index (χ1n) is 9.58. The van der Waals surface area contributed by atoms with Crippen LogP contribution in [0.3, 0.4) is 0 Å². The topological polar surface area (TPSA) is 24.8 Å². The molecule has 0 aromatic heterocycles. The number of hydrogen-bond acceptors (Lipinski definition) is 3. The summed E-state index contributed by atoms with van der Waals surface area (Å²) in [7, 11) is 0. The van der Waals surface area contributed by atoms with Crippen LogP contribution in [0, 0.1) is 0 Å². The van der Waals surface area contributed by atoms with Crippen LogP contribution in [0.2, 0.25) is 0 Å². The minimum absolute atomic E-state index is 0.0865. The molecule has 2 aromatic rings. The number of ether oxygens (including phenoxy) is 1. The highest BCUT2D eigenvalue weighted by Crippen LogP contribution is 2.45. The summed E-state index contributed by atoms with van der Waals surface area (Å²) in [6.07, 6.45) is 4.45. The Kier molecular flexibility index (Phi) is 4.36.